The lowest BCUT2D eigenvalue weighted by Crippen LogP contribution is -2.16. The number of anilines is 1. The van der Waals surface area contributed by atoms with E-state index in [2.05, 4.69) is 5.32 Å². The number of carbonyl (C=O) groups is 1. The Morgan fingerprint density at radius 2 is 1.89 bits per heavy atom. The van der Waals surface area contributed by atoms with E-state index in [1.54, 1.807) is 7.11 Å². The average molecular weight is 361 g/mol. The first kappa shape index (κ1) is 17.3. The Balaban J connectivity index is 1.49. The van der Waals surface area contributed by atoms with Gasteiger partial charge >= 0.3 is 0 Å². The number of nitrogens with zero attached hydrogens (tertiary/aromatic N) is 2. The zero-order valence-corrected chi connectivity index (χ0v) is 15.4. The second-order valence-electron chi connectivity index (χ2n) is 6.77. The van der Waals surface area contributed by atoms with E-state index in [0.29, 0.717) is 12.8 Å². The number of aryl methyl sites for hydroxylation is 2. The minimum atomic E-state index is 0.0117. The highest BCUT2D eigenvalue weighted by atomic mass is 16.5. The molecule has 0 fully saturated rings. The summed E-state index contributed by atoms with van der Waals surface area (Å²) < 4.78 is 7.04. The number of carbonyl (C=O) groups excluding carboxylic acids is 1. The van der Waals surface area contributed by atoms with E-state index in [1.165, 1.54) is 5.56 Å². The summed E-state index contributed by atoms with van der Waals surface area (Å²) in [5, 5.41) is 7.86. The molecule has 4 rings (SSSR count). The summed E-state index contributed by atoms with van der Waals surface area (Å²) in [4.78, 5) is 12.6. The molecule has 138 valence electrons. The highest BCUT2D eigenvalue weighted by molar-refractivity contribution is 5.91. The van der Waals surface area contributed by atoms with Gasteiger partial charge in [-0.25, -0.2) is 4.68 Å². The number of methoxy groups -OCH3 is 1. The van der Waals surface area contributed by atoms with Crippen LogP contribution in [0.25, 0.3) is 5.69 Å². The SMILES string of the molecule is COc1ccc(CCC(=O)Nc2c3c(nn2-c2ccccc2)CCC3)cc1. The summed E-state index contributed by atoms with van der Waals surface area (Å²) in [6, 6.07) is 17.8. The molecule has 3 aromatic rings. The lowest BCUT2D eigenvalue weighted by Gasteiger charge is -2.11. The molecular formula is C22H23N3O2. The van der Waals surface area contributed by atoms with E-state index in [0.717, 1.165) is 47.8 Å². The highest BCUT2D eigenvalue weighted by Gasteiger charge is 2.24. The van der Waals surface area contributed by atoms with Crippen molar-refractivity contribution in [3.63, 3.8) is 0 Å². The number of nitrogens with one attached hydrogen (secondary N) is 1. The van der Waals surface area contributed by atoms with Gasteiger partial charge in [-0.1, -0.05) is 30.3 Å². The second kappa shape index (κ2) is 7.66. The van der Waals surface area contributed by atoms with E-state index < -0.39 is 0 Å². The largest absolute Gasteiger partial charge is 0.497 e. The van der Waals surface area contributed by atoms with Crippen molar-refractivity contribution < 1.29 is 9.53 Å². The van der Waals surface area contributed by atoms with Gasteiger partial charge in [0, 0.05) is 12.0 Å². The maximum absolute atomic E-state index is 12.6. The number of amides is 1. The minimum Gasteiger partial charge on any atom is -0.497 e. The van der Waals surface area contributed by atoms with Crippen LogP contribution in [0.2, 0.25) is 0 Å². The van der Waals surface area contributed by atoms with Crippen molar-refractivity contribution in [1.82, 2.24) is 9.78 Å². The zero-order valence-electron chi connectivity index (χ0n) is 15.4. The predicted octanol–water partition coefficient (Wildman–Crippen LogP) is 3.94. The van der Waals surface area contributed by atoms with Crippen molar-refractivity contribution in [2.75, 3.05) is 12.4 Å². The Hall–Kier alpha value is -3.08. The van der Waals surface area contributed by atoms with Crippen LogP contribution in [0.1, 0.15) is 29.7 Å². The minimum absolute atomic E-state index is 0.0117. The molecule has 5 nitrogen and oxygen atoms in total. The number of hydrogen-bond donors (Lipinski definition) is 1. The number of para-hydroxylation sites is 1. The normalized spacial score (nSPS) is 12.6. The van der Waals surface area contributed by atoms with Crippen molar-refractivity contribution >= 4 is 11.7 Å². The van der Waals surface area contributed by atoms with Gasteiger partial charge in [-0.3, -0.25) is 4.79 Å². The van der Waals surface area contributed by atoms with Crippen LogP contribution in [0.4, 0.5) is 5.82 Å². The summed E-state index contributed by atoms with van der Waals surface area (Å²) in [6.07, 6.45) is 4.17. The molecule has 1 N–H and O–H groups in total. The fraction of sp³-hybridized carbons (Fsp3) is 0.273. The molecular weight excluding hydrogens is 338 g/mol. The van der Waals surface area contributed by atoms with Crippen molar-refractivity contribution in [2.24, 2.45) is 0 Å². The summed E-state index contributed by atoms with van der Waals surface area (Å²) in [6.45, 7) is 0. The Morgan fingerprint density at radius 3 is 2.63 bits per heavy atom. The maximum Gasteiger partial charge on any atom is 0.225 e. The van der Waals surface area contributed by atoms with Crippen molar-refractivity contribution in [3.05, 3.63) is 71.4 Å². The van der Waals surface area contributed by atoms with E-state index in [4.69, 9.17) is 9.84 Å². The highest BCUT2D eigenvalue weighted by Crippen LogP contribution is 2.31. The van der Waals surface area contributed by atoms with Crippen LogP contribution in [-0.2, 0) is 24.1 Å². The number of ether oxygens (including phenoxy) is 1. The second-order valence-corrected chi connectivity index (χ2v) is 6.77. The molecule has 1 amide bonds. The fourth-order valence-corrected chi connectivity index (χ4v) is 3.52. The number of rotatable bonds is 6. The molecule has 1 aromatic heterocycles. The van der Waals surface area contributed by atoms with Crippen molar-refractivity contribution in [1.29, 1.82) is 0 Å². The molecule has 0 atom stereocenters. The average Bonchev–Trinajstić information content (AvgIpc) is 3.30. The standard InChI is InChI=1S/C22H23N3O2/c1-27-18-13-10-16(11-14-18)12-15-21(26)23-22-19-8-5-9-20(19)24-25(22)17-6-3-2-4-7-17/h2-4,6-7,10-11,13-14H,5,8-9,12,15H2,1H3,(H,23,26). The van der Waals surface area contributed by atoms with Crippen molar-refractivity contribution in [3.8, 4) is 11.4 Å². The van der Waals surface area contributed by atoms with E-state index >= 15 is 0 Å². The van der Waals surface area contributed by atoms with Gasteiger partial charge < -0.3 is 10.1 Å². The van der Waals surface area contributed by atoms with E-state index in [9.17, 15) is 4.79 Å². The molecule has 0 radical (unpaired) electrons. The topological polar surface area (TPSA) is 56.1 Å². The van der Waals surface area contributed by atoms with Crippen LogP contribution in [0, 0.1) is 0 Å². The number of aromatic nitrogens is 2. The monoisotopic (exact) mass is 361 g/mol. The van der Waals surface area contributed by atoms with Crippen LogP contribution in [-0.4, -0.2) is 22.8 Å². The van der Waals surface area contributed by atoms with Gasteiger partial charge in [0.2, 0.25) is 5.91 Å². The van der Waals surface area contributed by atoms with Gasteiger partial charge in [0.05, 0.1) is 18.5 Å². The van der Waals surface area contributed by atoms with E-state index in [-0.39, 0.29) is 5.91 Å². The third-order valence-electron chi connectivity index (χ3n) is 4.97. The molecule has 1 aliphatic carbocycles. The van der Waals surface area contributed by atoms with Crippen LogP contribution < -0.4 is 10.1 Å². The molecule has 0 aliphatic heterocycles. The number of fused-ring (bicyclic) bond motifs is 1. The van der Waals surface area contributed by atoms with Crippen LogP contribution >= 0.6 is 0 Å². The summed E-state index contributed by atoms with van der Waals surface area (Å²) >= 11 is 0. The Labute approximate surface area is 159 Å². The van der Waals surface area contributed by atoms with Crippen LogP contribution in [0.3, 0.4) is 0 Å². The smallest absolute Gasteiger partial charge is 0.225 e. The third-order valence-corrected chi connectivity index (χ3v) is 4.97. The molecule has 1 aliphatic rings. The van der Waals surface area contributed by atoms with Crippen molar-refractivity contribution in [2.45, 2.75) is 32.1 Å². The quantitative estimate of drug-likeness (QED) is 0.723. The Morgan fingerprint density at radius 1 is 1.11 bits per heavy atom. The third kappa shape index (κ3) is 3.72. The van der Waals surface area contributed by atoms with Gasteiger partial charge in [-0.2, -0.15) is 5.10 Å². The van der Waals surface area contributed by atoms with Gasteiger partial charge in [-0.15, -0.1) is 0 Å². The lowest BCUT2D eigenvalue weighted by atomic mass is 10.1. The first-order chi connectivity index (χ1) is 13.2. The zero-order chi connectivity index (χ0) is 18.6. The molecule has 5 heteroatoms. The first-order valence-corrected chi connectivity index (χ1v) is 9.33. The molecule has 0 saturated carbocycles. The molecule has 1 heterocycles. The first-order valence-electron chi connectivity index (χ1n) is 9.33. The lowest BCUT2D eigenvalue weighted by molar-refractivity contribution is -0.116. The molecule has 27 heavy (non-hydrogen) atoms. The molecule has 0 bridgehead atoms. The maximum atomic E-state index is 12.6. The molecule has 0 saturated heterocycles. The van der Waals surface area contributed by atoms with Gasteiger partial charge in [0.1, 0.15) is 11.6 Å². The number of hydrogen-bond acceptors (Lipinski definition) is 3. The van der Waals surface area contributed by atoms with Gasteiger partial charge in [-0.05, 0) is 55.5 Å². The predicted molar refractivity (Wildman–Crippen MR) is 106 cm³/mol. The summed E-state index contributed by atoms with van der Waals surface area (Å²) in [5.41, 5.74) is 4.37. The van der Waals surface area contributed by atoms with Crippen LogP contribution in [0.15, 0.2) is 54.6 Å². The summed E-state index contributed by atoms with van der Waals surface area (Å²) in [7, 11) is 1.65. The fourth-order valence-electron chi connectivity index (χ4n) is 3.52. The molecule has 0 unspecified atom stereocenters. The molecule has 0 spiro atoms. The summed E-state index contributed by atoms with van der Waals surface area (Å²) in [5.74, 6) is 1.66. The van der Waals surface area contributed by atoms with Gasteiger partial charge in [0.15, 0.2) is 0 Å². The Kier molecular flexibility index (Phi) is 4.92. The van der Waals surface area contributed by atoms with Gasteiger partial charge in [0.25, 0.3) is 0 Å². The molecule has 2 aromatic carbocycles. The van der Waals surface area contributed by atoms with E-state index in [1.807, 2.05) is 59.3 Å². The number of benzene rings is 2. The van der Waals surface area contributed by atoms with Crippen LogP contribution in [0.5, 0.6) is 5.75 Å². The Bertz CT molecular complexity index is 930.